The predicted molar refractivity (Wildman–Crippen MR) is 348 cm³/mol. The van der Waals surface area contributed by atoms with E-state index in [-0.39, 0.29) is 59.6 Å². The number of anilines is 2. The van der Waals surface area contributed by atoms with Crippen molar-refractivity contribution in [1.82, 2.24) is 35.5 Å². The molecule has 4 amide bonds. The summed E-state index contributed by atoms with van der Waals surface area (Å²) < 4.78 is 27.9. The van der Waals surface area contributed by atoms with Crippen LogP contribution < -0.4 is 25.6 Å². The van der Waals surface area contributed by atoms with Crippen LogP contribution in [0.25, 0.3) is 31.9 Å². The van der Waals surface area contributed by atoms with Crippen molar-refractivity contribution in [3.8, 4) is 27.4 Å². The van der Waals surface area contributed by atoms with Crippen LogP contribution in [-0.4, -0.2) is 105 Å². The fraction of sp³-hybridized carbons (Fsp3) is 0.388. The molecule has 4 atom stereocenters. The highest BCUT2D eigenvalue weighted by molar-refractivity contribution is 7.22. The number of methoxy groups -OCH3 is 1. The van der Waals surface area contributed by atoms with Gasteiger partial charge in [0.2, 0.25) is 17.7 Å². The number of nitrogens with one attached hydrogen (secondary N) is 3. The molecule has 466 valence electrons. The Hall–Kier alpha value is -7.69. The van der Waals surface area contributed by atoms with Crippen LogP contribution in [0.4, 0.5) is 14.7 Å². The van der Waals surface area contributed by atoms with Gasteiger partial charge in [0.05, 0.1) is 57.2 Å². The number of carbonyl (C=O) groups is 5. The van der Waals surface area contributed by atoms with Gasteiger partial charge in [-0.2, -0.15) is 0 Å². The highest BCUT2D eigenvalue weighted by Crippen LogP contribution is 2.37. The third-order valence-electron chi connectivity index (χ3n) is 16.2. The topological polar surface area (TPSA) is 218 Å². The summed E-state index contributed by atoms with van der Waals surface area (Å²) in [5.74, 6) is -1.78. The van der Waals surface area contributed by atoms with Gasteiger partial charge in [-0.15, -0.1) is 22.7 Å². The third-order valence-corrected chi connectivity index (χ3v) is 19.6. The Morgan fingerprint density at radius 3 is 2.42 bits per heavy atom. The van der Waals surface area contributed by atoms with Crippen molar-refractivity contribution < 1.29 is 42.9 Å². The smallest absolute Gasteiger partial charge is 0.357 e. The van der Waals surface area contributed by atoms with Crippen molar-refractivity contribution in [3.05, 3.63) is 158 Å². The van der Waals surface area contributed by atoms with Gasteiger partial charge in [-0.1, -0.05) is 112 Å². The van der Waals surface area contributed by atoms with E-state index in [4.69, 9.17) is 26.1 Å². The minimum Gasteiger partial charge on any atom is -0.494 e. The number of amides is 4. The number of aryl methyl sites for hydroxylation is 3. The highest BCUT2D eigenvalue weighted by Gasteiger charge is 2.45. The second-order valence-electron chi connectivity index (χ2n) is 23.7. The summed E-state index contributed by atoms with van der Waals surface area (Å²) in [6.45, 7) is 10.8. The van der Waals surface area contributed by atoms with Crippen molar-refractivity contribution in [2.75, 3.05) is 37.0 Å². The number of hydrogen-bond donors (Lipinski definition) is 4. The first-order valence-corrected chi connectivity index (χ1v) is 33.0. The first kappa shape index (κ1) is 64.3. The lowest BCUT2D eigenvalue weighted by atomic mass is 9.85. The molecule has 2 aliphatic heterocycles. The summed E-state index contributed by atoms with van der Waals surface area (Å²) in [6.07, 6.45) is 7.38. The standard InChI is InChI=1S/C67H73ClFN9O8S3/c1-39(42-23-25-44(26-24-42)59-40(2)71-38-87-59)72-62(82)53-33-45(79)36-78(53)63(83)60(67(3,4)5)74-56(80)22-11-9-7-8-10-16-41-32-51(69)57(70-35-41)48-28-27-46(34-50(48)68)86-31-15-21-55-58(64(84)85-6)75-66(89-55)77-30-29-43-17-14-18-47(49(43)37-77)61(81)76-65-73-52-19-12-13-20-54(52)88-65/h12-14,17-20,23-28,32,34-35,38-39,45,53,60,79H,7-11,15-16,21-22,29-31,33,36-37H2,1-6H3,(H,72,82)(H,74,80)(H,73,76,81)/t39-,45+,53-,60+/m0/s1. The maximum atomic E-state index is 15.7. The number of aliphatic hydroxyl groups is 1. The molecule has 0 bridgehead atoms. The lowest BCUT2D eigenvalue weighted by Crippen LogP contribution is -2.57. The number of esters is 1. The molecule has 0 aliphatic carbocycles. The van der Waals surface area contributed by atoms with Crippen molar-refractivity contribution >= 4 is 95.7 Å². The number of halogens is 2. The van der Waals surface area contributed by atoms with Gasteiger partial charge in [-0.05, 0) is 128 Å². The number of unbranched alkanes of at least 4 members (excludes halogenated alkanes) is 4. The van der Waals surface area contributed by atoms with E-state index in [0.717, 1.165) is 79.2 Å². The number of pyridine rings is 1. The average Bonchev–Trinajstić information content (AvgIpc) is 2.56. The number of aliphatic hydroxyl groups excluding tert-OH is 1. The largest absolute Gasteiger partial charge is 0.494 e. The number of β-amino-alcohol motifs (C(OH)–C–C–N with tert-alkyl or cyclic N) is 1. The van der Waals surface area contributed by atoms with E-state index in [9.17, 15) is 29.1 Å². The summed E-state index contributed by atoms with van der Waals surface area (Å²) in [5.41, 5.74) is 8.98. The van der Waals surface area contributed by atoms with Gasteiger partial charge < -0.3 is 35.0 Å². The number of likely N-dealkylation sites (tertiary alicyclic amines) is 1. The summed E-state index contributed by atoms with van der Waals surface area (Å²) in [4.78, 5) is 91.4. The number of ether oxygens (including phenoxy) is 2. The van der Waals surface area contributed by atoms with Crippen LogP contribution in [0.1, 0.15) is 139 Å². The fourth-order valence-corrected chi connectivity index (χ4v) is 14.4. The number of thiazole rings is 3. The molecule has 0 saturated carbocycles. The minimum absolute atomic E-state index is 0.00876. The normalized spacial score (nSPS) is 15.6. The van der Waals surface area contributed by atoms with Crippen LogP contribution >= 0.6 is 45.6 Å². The molecule has 4 aromatic carbocycles. The SMILES string of the molecule is COC(=O)c1nc(N2CCc3cccc(C(=O)Nc4nc5ccccc5s4)c3C2)sc1CCCOc1ccc(-c2ncc(CCCCCCCC(=O)N[C@H](C(=O)N3C[C@H](O)C[C@H]3C(=O)N[C@@H](C)c3ccc(-c4scnc4C)cc3)C(C)(C)C)cc2F)c(Cl)c1. The second kappa shape index (κ2) is 28.9. The zero-order valence-corrected chi connectivity index (χ0v) is 53.9. The predicted octanol–water partition coefficient (Wildman–Crippen LogP) is 12.9. The van der Waals surface area contributed by atoms with E-state index < -0.39 is 41.3 Å². The molecule has 6 heterocycles. The van der Waals surface area contributed by atoms with Crippen LogP contribution in [0.15, 0.2) is 103 Å². The maximum Gasteiger partial charge on any atom is 0.357 e. The molecular weight excluding hydrogens is 1210 g/mol. The number of hydrogen-bond acceptors (Lipinski definition) is 16. The lowest BCUT2D eigenvalue weighted by molar-refractivity contribution is -0.144. The first-order chi connectivity index (χ1) is 42.8. The van der Waals surface area contributed by atoms with Crippen molar-refractivity contribution in [3.63, 3.8) is 0 Å². The Balaban J connectivity index is 0.645. The van der Waals surface area contributed by atoms with E-state index in [1.54, 1.807) is 35.7 Å². The van der Waals surface area contributed by atoms with Gasteiger partial charge in [0, 0.05) is 54.7 Å². The summed E-state index contributed by atoms with van der Waals surface area (Å²) in [5, 5.41) is 21.2. The van der Waals surface area contributed by atoms with E-state index in [1.165, 1.54) is 40.7 Å². The van der Waals surface area contributed by atoms with Crippen molar-refractivity contribution in [2.45, 2.75) is 136 Å². The summed E-state index contributed by atoms with van der Waals surface area (Å²) in [6, 6.07) is 25.8. The van der Waals surface area contributed by atoms with Crippen molar-refractivity contribution in [2.24, 2.45) is 5.41 Å². The van der Waals surface area contributed by atoms with Gasteiger partial charge in [-0.3, -0.25) is 29.5 Å². The zero-order chi connectivity index (χ0) is 62.9. The molecule has 10 rings (SSSR count). The molecule has 0 radical (unpaired) electrons. The molecule has 17 nitrogen and oxygen atoms in total. The van der Waals surface area contributed by atoms with Crippen LogP contribution in [0.2, 0.25) is 5.02 Å². The fourth-order valence-electron chi connectivity index (χ4n) is 11.4. The summed E-state index contributed by atoms with van der Waals surface area (Å²) in [7, 11) is 1.33. The molecule has 8 aromatic rings. The molecule has 0 unspecified atom stereocenters. The van der Waals surface area contributed by atoms with Crippen LogP contribution in [0, 0.1) is 18.2 Å². The number of para-hydroxylation sites is 1. The molecule has 1 saturated heterocycles. The Kier molecular flexibility index (Phi) is 20.8. The van der Waals surface area contributed by atoms with Gasteiger partial charge in [0.15, 0.2) is 16.0 Å². The van der Waals surface area contributed by atoms with Crippen molar-refractivity contribution in [1.29, 1.82) is 0 Å². The number of carbonyl (C=O) groups excluding carboxylic acids is 5. The van der Waals surface area contributed by atoms with E-state index >= 15 is 4.39 Å². The molecule has 2 aliphatic rings. The maximum absolute atomic E-state index is 15.7. The quantitative estimate of drug-likeness (QED) is 0.0327. The van der Waals surface area contributed by atoms with Crippen LogP contribution in [0.3, 0.4) is 0 Å². The molecule has 1 fully saturated rings. The van der Waals surface area contributed by atoms with Gasteiger partial charge in [-0.25, -0.2) is 24.1 Å². The monoisotopic (exact) mass is 1280 g/mol. The molecule has 0 spiro atoms. The number of benzene rings is 4. The molecule has 22 heteroatoms. The Morgan fingerprint density at radius 1 is 0.888 bits per heavy atom. The molecular formula is C67H73ClFN9O8S3. The Bertz CT molecular complexity index is 3830. The van der Waals surface area contributed by atoms with E-state index in [2.05, 4.69) is 35.8 Å². The van der Waals surface area contributed by atoms with Crippen LogP contribution in [-0.2, 0) is 44.9 Å². The Morgan fingerprint density at radius 2 is 1.67 bits per heavy atom. The number of nitrogens with zero attached hydrogens (tertiary/aromatic N) is 6. The number of fused-ring (bicyclic) bond motifs is 2. The minimum atomic E-state index is -0.913. The molecule has 4 aromatic heterocycles. The highest BCUT2D eigenvalue weighted by atomic mass is 35.5. The van der Waals surface area contributed by atoms with E-state index in [1.807, 2.05) is 107 Å². The number of aromatic nitrogens is 4. The third kappa shape index (κ3) is 15.7. The van der Waals surface area contributed by atoms with E-state index in [0.29, 0.717) is 78.9 Å². The van der Waals surface area contributed by atoms with Gasteiger partial charge in [0.25, 0.3) is 5.91 Å². The zero-order valence-electron chi connectivity index (χ0n) is 50.7. The molecule has 89 heavy (non-hydrogen) atoms. The van der Waals surface area contributed by atoms with Gasteiger partial charge >= 0.3 is 5.97 Å². The second-order valence-corrected chi connectivity index (χ2v) is 27.1. The summed E-state index contributed by atoms with van der Waals surface area (Å²) >= 11 is 11.1. The first-order valence-electron chi connectivity index (χ1n) is 30.1. The lowest BCUT2D eigenvalue weighted by Gasteiger charge is -2.35. The average molecular weight is 1280 g/mol. The molecule has 4 N–H and O–H groups in total. The van der Waals surface area contributed by atoms with Crippen LogP contribution in [0.5, 0.6) is 5.75 Å². The van der Waals surface area contributed by atoms with Gasteiger partial charge in [0.1, 0.15) is 29.3 Å². The Labute approximate surface area is 534 Å². The number of rotatable bonds is 24.